The van der Waals surface area contributed by atoms with Gasteiger partial charge in [-0.05, 0) is 0 Å². The summed E-state index contributed by atoms with van der Waals surface area (Å²) >= 11 is 0. The molecule has 0 heterocycles. The summed E-state index contributed by atoms with van der Waals surface area (Å²) in [5.74, 6) is 0. The van der Waals surface area contributed by atoms with E-state index in [2.05, 4.69) is 9.05 Å². The van der Waals surface area contributed by atoms with Crippen molar-refractivity contribution in [1.82, 2.24) is 0 Å². The van der Waals surface area contributed by atoms with Crippen LogP contribution in [-0.4, -0.2) is 26.1 Å². The summed E-state index contributed by atoms with van der Waals surface area (Å²) in [5.41, 5.74) is -5.50. The molecule has 0 radical (unpaired) electrons. The van der Waals surface area contributed by atoms with E-state index in [0.29, 0.717) is 14.2 Å². The van der Waals surface area contributed by atoms with Crippen LogP contribution in [0, 0.1) is 0 Å². The van der Waals surface area contributed by atoms with Crippen molar-refractivity contribution in [1.29, 1.82) is 0 Å². The van der Waals surface area contributed by atoms with E-state index in [4.69, 9.17) is 0 Å². The Labute approximate surface area is 70.4 Å². The second-order valence-electron chi connectivity index (χ2n) is 1.90. The fourth-order valence-corrected chi connectivity index (χ4v) is 1.38. The van der Waals surface area contributed by atoms with Gasteiger partial charge in [-0.3, -0.25) is 4.57 Å². The van der Waals surface area contributed by atoms with E-state index in [0.717, 1.165) is 0 Å². The van der Waals surface area contributed by atoms with Crippen molar-refractivity contribution < 1.29 is 35.6 Å². The molecule has 0 aliphatic heterocycles. The van der Waals surface area contributed by atoms with Crippen molar-refractivity contribution in [2.24, 2.45) is 0 Å². The molecule has 0 spiro atoms. The predicted molar refractivity (Wildman–Crippen MR) is 32.6 cm³/mol. The lowest BCUT2D eigenvalue weighted by atomic mass is 10.7. The van der Waals surface area contributed by atoms with Crippen LogP contribution in [0.4, 0.5) is 22.0 Å². The van der Waals surface area contributed by atoms with E-state index >= 15 is 0 Å². The first-order valence-electron chi connectivity index (χ1n) is 2.78. The van der Waals surface area contributed by atoms with Gasteiger partial charge in [-0.15, -0.1) is 0 Å². The summed E-state index contributed by atoms with van der Waals surface area (Å²) in [6.07, 6.45) is -5.96. The van der Waals surface area contributed by atoms with Crippen LogP contribution in [0.3, 0.4) is 0 Å². The smallest absolute Gasteiger partial charge is 0.308 e. The Morgan fingerprint density at radius 2 is 1.31 bits per heavy atom. The SMILES string of the molecule is COP(=O)(OC)C(F)(F)C(F)(F)F. The summed E-state index contributed by atoms with van der Waals surface area (Å²) in [7, 11) is -4.57. The molecule has 3 nitrogen and oxygen atoms in total. The van der Waals surface area contributed by atoms with E-state index in [9.17, 15) is 26.5 Å². The summed E-state index contributed by atoms with van der Waals surface area (Å²) < 4.78 is 77.3. The molecule has 0 fully saturated rings. The second-order valence-corrected chi connectivity index (χ2v) is 4.19. The molecule has 0 N–H and O–H groups in total. The maximum atomic E-state index is 12.3. The van der Waals surface area contributed by atoms with Gasteiger partial charge in [-0.1, -0.05) is 0 Å². The van der Waals surface area contributed by atoms with Gasteiger partial charge in [0.15, 0.2) is 0 Å². The first-order valence-corrected chi connectivity index (χ1v) is 4.33. The zero-order chi connectivity index (χ0) is 10.9. The fraction of sp³-hybridized carbons (Fsp3) is 1.00. The van der Waals surface area contributed by atoms with Gasteiger partial charge in [0.25, 0.3) is 0 Å². The first kappa shape index (κ1) is 12.8. The second kappa shape index (κ2) is 3.51. The number of rotatable bonds is 3. The Kier molecular flexibility index (Phi) is 3.46. The van der Waals surface area contributed by atoms with Gasteiger partial charge in [0.2, 0.25) is 0 Å². The van der Waals surface area contributed by atoms with Crippen LogP contribution < -0.4 is 0 Å². The van der Waals surface area contributed by atoms with Gasteiger partial charge in [0.05, 0.1) is 0 Å². The zero-order valence-electron chi connectivity index (χ0n) is 6.56. The van der Waals surface area contributed by atoms with Crippen molar-refractivity contribution in [3.8, 4) is 0 Å². The largest absolute Gasteiger partial charge is 0.466 e. The highest BCUT2D eigenvalue weighted by atomic mass is 31.2. The number of alkyl halides is 5. The van der Waals surface area contributed by atoms with Crippen LogP contribution in [0.1, 0.15) is 0 Å². The zero-order valence-corrected chi connectivity index (χ0v) is 7.46. The molecule has 0 amide bonds. The van der Waals surface area contributed by atoms with Gasteiger partial charge < -0.3 is 9.05 Å². The Bertz CT molecular complexity index is 216. The normalized spacial score (nSPS) is 14.7. The van der Waals surface area contributed by atoms with E-state index in [1.807, 2.05) is 0 Å². The van der Waals surface area contributed by atoms with Gasteiger partial charge >= 0.3 is 19.4 Å². The molecule has 0 atom stereocenters. The molecule has 0 saturated carbocycles. The molecule has 80 valence electrons. The molecule has 0 aromatic heterocycles. The van der Waals surface area contributed by atoms with Gasteiger partial charge in [-0.25, -0.2) is 0 Å². The molecule has 0 saturated heterocycles. The third kappa shape index (κ3) is 2.00. The lowest BCUT2D eigenvalue weighted by Gasteiger charge is -2.25. The lowest BCUT2D eigenvalue weighted by molar-refractivity contribution is -0.249. The molecular weight excluding hydrogens is 222 g/mol. The maximum Gasteiger partial charge on any atom is 0.466 e. The van der Waals surface area contributed by atoms with Gasteiger partial charge in [-0.2, -0.15) is 22.0 Å². The van der Waals surface area contributed by atoms with Crippen LogP contribution in [0.25, 0.3) is 0 Å². The van der Waals surface area contributed by atoms with Crippen molar-refractivity contribution in [2.75, 3.05) is 14.2 Å². The molecule has 0 aromatic carbocycles. The molecule has 0 unspecified atom stereocenters. The highest BCUT2D eigenvalue weighted by Crippen LogP contribution is 2.66. The van der Waals surface area contributed by atoms with E-state index in [-0.39, 0.29) is 0 Å². The number of hydrogen-bond donors (Lipinski definition) is 0. The molecule has 13 heavy (non-hydrogen) atoms. The highest BCUT2D eigenvalue weighted by molar-refractivity contribution is 7.55. The summed E-state index contributed by atoms with van der Waals surface area (Å²) in [4.78, 5) is 0. The average Bonchev–Trinajstić information content (AvgIpc) is 2.00. The summed E-state index contributed by atoms with van der Waals surface area (Å²) in [6, 6.07) is 0. The van der Waals surface area contributed by atoms with E-state index in [1.54, 1.807) is 0 Å². The monoisotopic (exact) mass is 228 g/mol. The van der Waals surface area contributed by atoms with Crippen LogP contribution in [-0.2, 0) is 13.6 Å². The molecule has 0 bridgehead atoms. The van der Waals surface area contributed by atoms with Crippen LogP contribution in [0.15, 0.2) is 0 Å². The third-order valence-corrected chi connectivity index (χ3v) is 3.07. The van der Waals surface area contributed by atoms with Crippen molar-refractivity contribution in [3.05, 3.63) is 0 Å². The standard InChI is InChI=1S/C4H6F5O3P/c1-11-13(10,12-2)4(8,9)3(5,6)7/h1-2H3. The minimum atomic E-state index is -5.96. The number of hydrogen-bond acceptors (Lipinski definition) is 3. The van der Waals surface area contributed by atoms with E-state index < -0.39 is 19.4 Å². The molecule has 9 heteroatoms. The summed E-state index contributed by atoms with van der Waals surface area (Å²) in [5, 5.41) is 0. The minimum absolute atomic E-state index is 0.448. The quantitative estimate of drug-likeness (QED) is 0.550. The topological polar surface area (TPSA) is 35.5 Å². The highest BCUT2D eigenvalue weighted by Gasteiger charge is 2.71. The molecule has 0 aromatic rings. The van der Waals surface area contributed by atoms with Gasteiger partial charge in [0.1, 0.15) is 0 Å². The lowest BCUT2D eigenvalue weighted by Crippen LogP contribution is -2.37. The van der Waals surface area contributed by atoms with Crippen molar-refractivity contribution in [3.63, 3.8) is 0 Å². The van der Waals surface area contributed by atoms with Crippen molar-refractivity contribution in [2.45, 2.75) is 11.8 Å². The predicted octanol–water partition coefficient (Wildman–Crippen LogP) is 2.63. The van der Waals surface area contributed by atoms with Gasteiger partial charge in [0, 0.05) is 14.2 Å². The minimum Gasteiger partial charge on any atom is -0.308 e. The average molecular weight is 228 g/mol. The summed E-state index contributed by atoms with van der Waals surface area (Å²) in [6.45, 7) is 0. The molecular formula is C4H6F5O3P. The molecule has 0 aliphatic carbocycles. The molecule has 0 aliphatic rings. The fourth-order valence-electron chi connectivity index (χ4n) is 0.459. The van der Waals surface area contributed by atoms with E-state index in [1.165, 1.54) is 0 Å². The third-order valence-electron chi connectivity index (χ3n) is 1.17. The molecule has 0 rings (SSSR count). The Morgan fingerprint density at radius 1 is 1.00 bits per heavy atom. The maximum absolute atomic E-state index is 12.3. The van der Waals surface area contributed by atoms with Crippen LogP contribution in [0.5, 0.6) is 0 Å². The Morgan fingerprint density at radius 3 is 1.38 bits per heavy atom. The Balaban J connectivity index is 5.13. The van der Waals surface area contributed by atoms with Crippen LogP contribution >= 0.6 is 7.60 Å². The van der Waals surface area contributed by atoms with Crippen LogP contribution in [0.2, 0.25) is 0 Å². The first-order chi connectivity index (χ1) is 5.62. The number of halogens is 5. The Hall–Kier alpha value is -0.200. The van der Waals surface area contributed by atoms with Crippen molar-refractivity contribution >= 4 is 7.60 Å².